The van der Waals surface area contributed by atoms with Gasteiger partial charge in [0.15, 0.2) is 5.11 Å². The lowest BCUT2D eigenvalue weighted by Gasteiger charge is -2.25. The zero-order valence-corrected chi connectivity index (χ0v) is 17.5. The van der Waals surface area contributed by atoms with E-state index in [9.17, 15) is 4.79 Å². The number of ether oxygens (including phenoxy) is 1. The molecular weight excluding hydrogens is 459 g/mol. The number of halogens is 1. The molecule has 1 fully saturated rings. The predicted octanol–water partition coefficient (Wildman–Crippen LogP) is 4.23. The van der Waals surface area contributed by atoms with Crippen molar-refractivity contribution in [3.63, 3.8) is 0 Å². The van der Waals surface area contributed by atoms with Crippen LogP contribution in [0.3, 0.4) is 0 Å². The Morgan fingerprint density at radius 3 is 2.62 bits per heavy atom. The quantitative estimate of drug-likeness (QED) is 0.497. The maximum atomic E-state index is 12.6. The maximum absolute atomic E-state index is 12.6. The second-order valence-corrected chi connectivity index (χ2v) is 7.97. The van der Waals surface area contributed by atoms with Gasteiger partial charge in [0.25, 0.3) is 5.91 Å². The highest BCUT2D eigenvalue weighted by atomic mass is 127. The van der Waals surface area contributed by atoms with Gasteiger partial charge in [-0.15, -0.1) is 0 Å². The largest absolute Gasteiger partial charge is 0.496 e. The fraction of sp³-hybridized carbons (Fsp3) is 0.300. The van der Waals surface area contributed by atoms with Gasteiger partial charge in [-0.25, -0.2) is 0 Å². The van der Waals surface area contributed by atoms with E-state index >= 15 is 0 Å². The summed E-state index contributed by atoms with van der Waals surface area (Å²) >= 11 is 7.70. The molecule has 1 saturated carbocycles. The molecule has 0 atom stereocenters. The molecule has 0 aliphatic heterocycles. The summed E-state index contributed by atoms with van der Waals surface area (Å²) in [7, 11) is 1.62. The van der Waals surface area contributed by atoms with Gasteiger partial charge in [0.2, 0.25) is 0 Å². The van der Waals surface area contributed by atoms with Crippen LogP contribution < -0.4 is 10.1 Å². The van der Waals surface area contributed by atoms with Crippen LogP contribution >= 0.6 is 34.8 Å². The molecule has 0 radical (unpaired) electrons. The molecular formula is C20H21IN2O2S. The zero-order valence-electron chi connectivity index (χ0n) is 14.6. The maximum Gasteiger partial charge on any atom is 0.257 e. The third-order valence-corrected chi connectivity index (χ3v) is 5.52. The van der Waals surface area contributed by atoms with Gasteiger partial charge in [-0.2, -0.15) is 0 Å². The van der Waals surface area contributed by atoms with E-state index in [4.69, 9.17) is 17.0 Å². The summed E-state index contributed by atoms with van der Waals surface area (Å²) < 4.78 is 6.13. The van der Waals surface area contributed by atoms with Crippen LogP contribution in [0, 0.1) is 9.49 Å². The molecule has 26 heavy (non-hydrogen) atoms. The number of carbonyl (C=O) groups excluding carboxylic acids is 1. The van der Waals surface area contributed by atoms with Crippen LogP contribution in [-0.2, 0) is 6.54 Å². The lowest BCUT2D eigenvalue weighted by atomic mass is 10.2. The minimum absolute atomic E-state index is 0.190. The first-order valence-electron chi connectivity index (χ1n) is 8.54. The van der Waals surface area contributed by atoms with Crippen molar-refractivity contribution in [2.45, 2.75) is 19.4 Å². The Kier molecular flexibility index (Phi) is 6.48. The molecule has 6 heteroatoms. The molecule has 4 nitrogen and oxygen atoms in total. The van der Waals surface area contributed by atoms with E-state index in [1.54, 1.807) is 25.3 Å². The summed E-state index contributed by atoms with van der Waals surface area (Å²) in [4.78, 5) is 14.7. The lowest BCUT2D eigenvalue weighted by Crippen LogP contribution is -2.43. The Morgan fingerprint density at radius 2 is 2.00 bits per heavy atom. The Bertz CT molecular complexity index is 794. The summed E-state index contributed by atoms with van der Waals surface area (Å²) in [5, 5.41) is 3.37. The molecule has 0 aromatic heterocycles. The van der Waals surface area contributed by atoms with Crippen molar-refractivity contribution in [3.8, 4) is 5.75 Å². The standard InChI is InChI=1S/C20H21IN2O2S/c1-25-18-10-9-16(11-17(18)21)19(24)22-20(26)23(13-15-7-8-15)12-14-5-3-2-4-6-14/h2-6,9-11,15H,7-8,12-13H2,1H3,(H,22,24,26). The number of carbonyl (C=O) groups is 1. The van der Waals surface area contributed by atoms with Crippen LogP contribution in [0.25, 0.3) is 0 Å². The summed E-state index contributed by atoms with van der Waals surface area (Å²) in [5.41, 5.74) is 1.76. The SMILES string of the molecule is COc1ccc(C(=O)NC(=S)N(Cc2ccccc2)CC2CC2)cc1I. The highest BCUT2D eigenvalue weighted by Gasteiger charge is 2.26. The summed E-state index contributed by atoms with van der Waals surface area (Å²) in [6.45, 7) is 1.59. The van der Waals surface area contributed by atoms with Gasteiger partial charge in [0, 0.05) is 18.7 Å². The van der Waals surface area contributed by atoms with Crippen molar-refractivity contribution in [1.29, 1.82) is 0 Å². The molecule has 2 aromatic carbocycles. The first kappa shape index (κ1) is 19.1. The minimum Gasteiger partial charge on any atom is -0.496 e. The van der Waals surface area contributed by atoms with E-state index in [1.807, 2.05) is 18.2 Å². The number of methoxy groups -OCH3 is 1. The molecule has 1 aliphatic carbocycles. The van der Waals surface area contributed by atoms with Gasteiger partial charge >= 0.3 is 0 Å². The fourth-order valence-corrected chi connectivity index (χ4v) is 3.66. The number of nitrogens with one attached hydrogen (secondary N) is 1. The molecule has 0 unspecified atom stereocenters. The van der Waals surface area contributed by atoms with Crippen molar-refractivity contribution >= 4 is 45.8 Å². The number of hydrogen-bond acceptors (Lipinski definition) is 3. The number of hydrogen-bond donors (Lipinski definition) is 1. The predicted molar refractivity (Wildman–Crippen MR) is 115 cm³/mol. The second kappa shape index (κ2) is 8.81. The van der Waals surface area contributed by atoms with Crippen LogP contribution in [0.5, 0.6) is 5.75 Å². The van der Waals surface area contributed by atoms with Crippen molar-refractivity contribution in [3.05, 3.63) is 63.2 Å². The van der Waals surface area contributed by atoms with Gasteiger partial charge in [-0.05, 0) is 77.3 Å². The van der Waals surface area contributed by atoms with E-state index in [0.29, 0.717) is 23.1 Å². The number of benzene rings is 2. The van der Waals surface area contributed by atoms with Gasteiger partial charge in [0.05, 0.1) is 10.7 Å². The smallest absolute Gasteiger partial charge is 0.257 e. The van der Waals surface area contributed by atoms with Crippen molar-refractivity contribution < 1.29 is 9.53 Å². The highest BCUT2D eigenvalue weighted by molar-refractivity contribution is 14.1. The van der Waals surface area contributed by atoms with Crippen LogP contribution in [0.4, 0.5) is 0 Å². The molecule has 1 N–H and O–H groups in total. The molecule has 0 bridgehead atoms. The van der Waals surface area contributed by atoms with Crippen molar-refractivity contribution in [1.82, 2.24) is 10.2 Å². The van der Waals surface area contributed by atoms with E-state index in [2.05, 4.69) is 44.9 Å². The lowest BCUT2D eigenvalue weighted by molar-refractivity contribution is 0.0972. The zero-order chi connectivity index (χ0) is 18.5. The average molecular weight is 480 g/mol. The molecule has 136 valence electrons. The Morgan fingerprint density at radius 1 is 1.27 bits per heavy atom. The Balaban J connectivity index is 1.68. The molecule has 1 amide bonds. The van der Waals surface area contributed by atoms with Gasteiger partial charge in [-0.3, -0.25) is 10.1 Å². The number of thiocarbonyl (C=S) groups is 1. The average Bonchev–Trinajstić information content (AvgIpc) is 3.46. The first-order chi connectivity index (χ1) is 12.6. The van der Waals surface area contributed by atoms with E-state index < -0.39 is 0 Å². The monoisotopic (exact) mass is 480 g/mol. The number of nitrogens with zero attached hydrogens (tertiary/aromatic N) is 1. The van der Waals surface area contributed by atoms with Crippen molar-refractivity contribution in [2.24, 2.45) is 5.92 Å². The first-order valence-corrected chi connectivity index (χ1v) is 10.0. The fourth-order valence-electron chi connectivity index (χ4n) is 2.69. The topological polar surface area (TPSA) is 41.6 Å². The van der Waals surface area contributed by atoms with E-state index in [-0.39, 0.29) is 5.91 Å². The van der Waals surface area contributed by atoms with Gasteiger partial charge < -0.3 is 9.64 Å². The van der Waals surface area contributed by atoms with Crippen LogP contribution in [0.1, 0.15) is 28.8 Å². The van der Waals surface area contributed by atoms with Gasteiger partial charge in [-0.1, -0.05) is 30.3 Å². The van der Waals surface area contributed by atoms with Crippen LogP contribution in [0.15, 0.2) is 48.5 Å². The number of rotatable bonds is 6. The van der Waals surface area contributed by atoms with Crippen LogP contribution in [-0.4, -0.2) is 29.6 Å². The summed E-state index contributed by atoms with van der Waals surface area (Å²) in [5.74, 6) is 1.24. The number of amides is 1. The van der Waals surface area contributed by atoms with Crippen LogP contribution in [0.2, 0.25) is 0 Å². The van der Waals surface area contributed by atoms with Crippen molar-refractivity contribution in [2.75, 3.05) is 13.7 Å². The normalized spacial score (nSPS) is 13.2. The molecule has 0 heterocycles. The summed E-state index contributed by atoms with van der Waals surface area (Å²) in [6, 6.07) is 15.6. The Labute approximate surface area is 173 Å². The highest BCUT2D eigenvalue weighted by Crippen LogP contribution is 2.30. The minimum atomic E-state index is -0.190. The van der Waals surface area contributed by atoms with E-state index in [1.165, 1.54) is 18.4 Å². The molecule has 1 aliphatic rings. The summed E-state index contributed by atoms with van der Waals surface area (Å²) in [6.07, 6.45) is 2.47. The molecule has 2 aromatic rings. The third-order valence-electron chi connectivity index (χ3n) is 4.31. The molecule has 0 spiro atoms. The third kappa shape index (κ3) is 5.17. The second-order valence-electron chi connectivity index (χ2n) is 6.42. The molecule has 0 saturated heterocycles. The Hall–Kier alpha value is -1.67. The van der Waals surface area contributed by atoms with Gasteiger partial charge in [0.1, 0.15) is 5.75 Å². The molecule has 3 rings (SSSR count). The van der Waals surface area contributed by atoms with E-state index in [0.717, 1.165) is 15.9 Å².